The second-order valence-electron chi connectivity index (χ2n) is 1.58. The third-order valence-corrected chi connectivity index (χ3v) is 0.620. The van der Waals surface area contributed by atoms with Crippen LogP contribution in [0.15, 0.2) is 0 Å². The number of aliphatic hydroxyl groups excluding tert-OH is 1. The van der Waals surface area contributed by atoms with E-state index in [9.17, 15) is 4.79 Å². The van der Waals surface area contributed by atoms with Crippen LogP contribution < -0.4 is 5.48 Å². The second-order valence-corrected chi connectivity index (χ2v) is 1.58. The number of carbonyl (C=O) groups excluding carboxylic acids is 1. The van der Waals surface area contributed by atoms with E-state index in [0.29, 0.717) is 13.0 Å². The molecule has 0 aliphatic heterocycles. The monoisotopic (exact) mass is 133 g/mol. The van der Waals surface area contributed by atoms with Gasteiger partial charge in [-0.3, -0.25) is 9.63 Å². The highest BCUT2D eigenvalue weighted by atomic mass is 16.6. The van der Waals surface area contributed by atoms with Crippen LogP contribution in [0.5, 0.6) is 0 Å². The number of carbonyl (C=O) groups is 1. The molecule has 1 amide bonds. The molecule has 0 heterocycles. The zero-order valence-electron chi connectivity index (χ0n) is 5.39. The van der Waals surface area contributed by atoms with Gasteiger partial charge in [-0.15, -0.1) is 0 Å². The van der Waals surface area contributed by atoms with Crippen LogP contribution in [-0.4, -0.2) is 24.2 Å². The Labute approximate surface area is 53.8 Å². The van der Waals surface area contributed by atoms with Crippen molar-refractivity contribution in [2.24, 2.45) is 0 Å². The predicted molar refractivity (Wildman–Crippen MR) is 31.5 cm³/mol. The summed E-state index contributed by atoms with van der Waals surface area (Å²) in [5.41, 5.74) is 2.13. The average Bonchev–Trinajstić information content (AvgIpc) is 1.80. The molecule has 0 rings (SSSR count). The smallest absolute Gasteiger partial charge is 0.240 e. The van der Waals surface area contributed by atoms with Crippen LogP contribution in [0.4, 0.5) is 0 Å². The van der Waals surface area contributed by atoms with Crippen molar-refractivity contribution in [3.05, 3.63) is 0 Å². The lowest BCUT2D eigenvalue weighted by molar-refractivity contribution is -0.131. The summed E-state index contributed by atoms with van der Waals surface area (Å²) in [7, 11) is 0. The summed E-state index contributed by atoms with van der Waals surface area (Å²) in [5, 5.41) is 8.24. The largest absolute Gasteiger partial charge is 0.396 e. The van der Waals surface area contributed by atoms with E-state index in [4.69, 9.17) is 5.11 Å². The van der Waals surface area contributed by atoms with E-state index in [2.05, 4.69) is 10.3 Å². The van der Waals surface area contributed by atoms with Gasteiger partial charge in [0.05, 0.1) is 6.61 Å². The molecule has 0 spiro atoms. The van der Waals surface area contributed by atoms with E-state index in [1.165, 1.54) is 6.92 Å². The molecule has 0 atom stereocenters. The van der Waals surface area contributed by atoms with Gasteiger partial charge in [0.25, 0.3) is 0 Å². The van der Waals surface area contributed by atoms with Crippen molar-refractivity contribution >= 4 is 5.91 Å². The van der Waals surface area contributed by atoms with Gasteiger partial charge in [0.15, 0.2) is 0 Å². The Hall–Kier alpha value is -0.610. The first-order valence-electron chi connectivity index (χ1n) is 2.76. The fourth-order valence-electron chi connectivity index (χ4n) is 0.289. The SMILES string of the molecule is CC(=O)NOCCCO. The highest BCUT2D eigenvalue weighted by molar-refractivity contribution is 5.71. The summed E-state index contributed by atoms with van der Waals surface area (Å²) >= 11 is 0. The van der Waals surface area contributed by atoms with Gasteiger partial charge in [0, 0.05) is 13.5 Å². The van der Waals surface area contributed by atoms with Gasteiger partial charge in [-0.2, -0.15) is 0 Å². The van der Waals surface area contributed by atoms with Crippen LogP contribution in [0.2, 0.25) is 0 Å². The molecule has 0 aliphatic rings. The van der Waals surface area contributed by atoms with E-state index >= 15 is 0 Å². The summed E-state index contributed by atoms with van der Waals surface area (Å²) in [5.74, 6) is -0.229. The van der Waals surface area contributed by atoms with Crippen LogP contribution in [0.3, 0.4) is 0 Å². The van der Waals surface area contributed by atoms with Crippen molar-refractivity contribution in [3.8, 4) is 0 Å². The molecule has 0 aliphatic carbocycles. The zero-order valence-corrected chi connectivity index (χ0v) is 5.39. The molecular formula is C5H11NO3. The lowest BCUT2D eigenvalue weighted by atomic mass is 10.5. The highest BCUT2D eigenvalue weighted by Crippen LogP contribution is 1.75. The van der Waals surface area contributed by atoms with Crippen LogP contribution in [0.1, 0.15) is 13.3 Å². The van der Waals surface area contributed by atoms with Crippen molar-refractivity contribution < 1.29 is 14.7 Å². The maximum absolute atomic E-state index is 10.1. The number of hydrogen-bond acceptors (Lipinski definition) is 3. The maximum Gasteiger partial charge on any atom is 0.240 e. The van der Waals surface area contributed by atoms with E-state index in [1.54, 1.807) is 0 Å². The number of hydroxylamine groups is 1. The van der Waals surface area contributed by atoms with Crippen molar-refractivity contribution in [2.75, 3.05) is 13.2 Å². The molecule has 4 heteroatoms. The molecule has 0 saturated heterocycles. The summed E-state index contributed by atoms with van der Waals surface area (Å²) in [6.45, 7) is 1.80. The number of aliphatic hydroxyl groups is 1. The summed E-state index contributed by atoms with van der Waals surface area (Å²) < 4.78 is 0. The Morgan fingerprint density at radius 2 is 2.44 bits per heavy atom. The van der Waals surface area contributed by atoms with Gasteiger partial charge in [-0.1, -0.05) is 0 Å². The summed E-state index contributed by atoms with van der Waals surface area (Å²) in [4.78, 5) is 14.7. The van der Waals surface area contributed by atoms with Gasteiger partial charge in [0.2, 0.25) is 5.91 Å². The van der Waals surface area contributed by atoms with E-state index in [-0.39, 0.29) is 12.5 Å². The van der Waals surface area contributed by atoms with Gasteiger partial charge in [0.1, 0.15) is 0 Å². The lowest BCUT2D eigenvalue weighted by Crippen LogP contribution is -2.20. The summed E-state index contributed by atoms with van der Waals surface area (Å²) in [6.07, 6.45) is 0.542. The quantitative estimate of drug-likeness (QED) is 0.399. The molecule has 4 nitrogen and oxygen atoms in total. The zero-order chi connectivity index (χ0) is 7.11. The Bertz CT molecular complexity index is 84.3. The minimum Gasteiger partial charge on any atom is -0.396 e. The highest BCUT2D eigenvalue weighted by Gasteiger charge is 1.88. The van der Waals surface area contributed by atoms with Gasteiger partial charge in [-0.05, 0) is 6.42 Å². The fourth-order valence-corrected chi connectivity index (χ4v) is 0.289. The minimum atomic E-state index is -0.229. The number of rotatable bonds is 4. The molecule has 2 N–H and O–H groups in total. The molecule has 0 saturated carbocycles. The molecule has 0 radical (unpaired) electrons. The van der Waals surface area contributed by atoms with E-state index in [1.807, 2.05) is 0 Å². The third kappa shape index (κ3) is 7.39. The first-order valence-corrected chi connectivity index (χ1v) is 2.76. The maximum atomic E-state index is 10.1. The minimum absolute atomic E-state index is 0.0829. The predicted octanol–water partition coefficient (Wildman–Crippen LogP) is -0.564. The van der Waals surface area contributed by atoms with E-state index in [0.717, 1.165) is 0 Å². The Morgan fingerprint density at radius 3 is 2.89 bits per heavy atom. The molecule has 54 valence electrons. The normalized spacial score (nSPS) is 9.11. The van der Waals surface area contributed by atoms with Gasteiger partial charge in [-0.25, -0.2) is 5.48 Å². The molecular weight excluding hydrogens is 122 g/mol. The molecule has 0 aromatic rings. The van der Waals surface area contributed by atoms with Crippen molar-refractivity contribution in [3.63, 3.8) is 0 Å². The van der Waals surface area contributed by atoms with Crippen molar-refractivity contribution in [2.45, 2.75) is 13.3 Å². The average molecular weight is 133 g/mol. The molecule has 0 unspecified atom stereocenters. The van der Waals surface area contributed by atoms with Gasteiger partial charge >= 0.3 is 0 Å². The number of amides is 1. The van der Waals surface area contributed by atoms with E-state index < -0.39 is 0 Å². The van der Waals surface area contributed by atoms with Crippen LogP contribution in [0, 0.1) is 0 Å². The molecule has 0 aromatic carbocycles. The first-order chi connectivity index (χ1) is 4.27. The topological polar surface area (TPSA) is 58.6 Å². The third-order valence-electron chi connectivity index (χ3n) is 0.620. The first kappa shape index (κ1) is 8.39. The molecule has 0 fully saturated rings. The van der Waals surface area contributed by atoms with Gasteiger partial charge < -0.3 is 5.11 Å². The number of nitrogens with one attached hydrogen (secondary N) is 1. The van der Waals surface area contributed by atoms with Crippen LogP contribution >= 0.6 is 0 Å². The lowest BCUT2D eigenvalue weighted by Gasteiger charge is -1.99. The van der Waals surface area contributed by atoms with Crippen LogP contribution in [-0.2, 0) is 9.63 Å². The van der Waals surface area contributed by atoms with Crippen LogP contribution in [0.25, 0.3) is 0 Å². The molecule has 9 heavy (non-hydrogen) atoms. The Balaban J connectivity index is 2.83. The van der Waals surface area contributed by atoms with Crippen molar-refractivity contribution in [1.82, 2.24) is 5.48 Å². The molecule has 0 bridgehead atoms. The van der Waals surface area contributed by atoms with Crippen molar-refractivity contribution in [1.29, 1.82) is 0 Å². The standard InChI is InChI=1S/C5H11NO3/c1-5(8)6-9-4-2-3-7/h7H,2-4H2,1H3,(H,6,8). The Kier molecular flexibility index (Phi) is 5.15. The fraction of sp³-hybridized carbons (Fsp3) is 0.800. The second kappa shape index (κ2) is 5.53. The summed E-state index contributed by atoms with van der Waals surface area (Å²) in [6, 6.07) is 0. The molecule has 0 aromatic heterocycles. The Morgan fingerprint density at radius 1 is 1.78 bits per heavy atom. The number of hydrogen-bond donors (Lipinski definition) is 2.